The zero-order valence-corrected chi connectivity index (χ0v) is 24.5. The van der Waals surface area contributed by atoms with Gasteiger partial charge in [-0.3, -0.25) is 14.5 Å². The maximum atomic E-state index is 14.4. The summed E-state index contributed by atoms with van der Waals surface area (Å²) in [6.45, 7) is -0.429. The van der Waals surface area contributed by atoms with Crippen molar-refractivity contribution in [1.82, 2.24) is 9.47 Å². The van der Waals surface area contributed by atoms with Gasteiger partial charge in [0.1, 0.15) is 17.2 Å². The monoisotopic (exact) mass is 600 g/mol. The van der Waals surface area contributed by atoms with Crippen molar-refractivity contribution in [2.45, 2.75) is 19.2 Å². The van der Waals surface area contributed by atoms with E-state index in [-0.39, 0.29) is 24.2 Å². The first-order valence-electron chi connectivity index (χ1n) is 13.6. The smallest absolute Gasteiger partial charge is 0.262 e. The van der Waals surface area contributed by atoms with Crippen molar-refractivity contribution in [2.24, 2.45) is 0 Å². The number of halogens is 1. The molecule has 1 aromatic heterocycles. The van der Waals surface area contributed by atoms with Crippen LogP contribution in [0.1, 0.15) is 26.3 Å². The third-order valence-corrected chi connectivity index (χ3v) is 8.20. The lowest BCUT2D eigenvalue weighted by molar-refractivity contribution is 0.0642. The van der Waals surface area contributed by atoms with Crippen LogP contribution in [0.2, 0.25) is 5.02 Å². The van der Waals surface area contributed by atoms with E-state index in [1.165, 1.54) is 12.0 Å². The van der Waals surface area contributed by atoms with Gasteiger partial charge in [0.25, 0.3) is 11.8 Å². The summed E-state index contributed by atoms with van der Waals surface area (Å²) >= 11 is 6.66. The maximum absolute atomic E-state index is 14.4. The Hall–Kier alpha value is -4.57. The van der Waals surface area contributed by atoms with E-state index in [1.54, 1.807) is 56.7 Å². The van der Waals surface area contributed by atoms with Gasteiger partial charge in [-0.1, -0.05) is 29.8 Å². The Bertz CT molecular complexity index is 1920. The first-order chi connectivity index (χ1) is 20.8. The third-order valence-electron chi connectivity index (χ3n) is 7.87. The summed E-state index contributed by atoms with van der Waals surface area (Å²) in [5, 5.41) is 21.8. The highest BCUT2D eigenvalue weighted by atomic mass is 35.5. The molecular weight excluding hydrogens is 572 g/mol. The molecule has 220 valence electrons. The lowest BCUT2D eigenvalue weighted by Crippen LogP contribution is -2.29. The van der Waals surface area contributed by atoms with Crippen molar-refractivity contribution < 1.29 is 34.0 Å². The molecule has 1 aliphatic rings. The summed E-state index contributed by atoms with van der Waals surface area (Å²) < 4.78 is 18.2. The highest BCUT2D eigenvalue weighted by Gasteiger charge is 2.41. The lowest BCUT2D eigenvalue weighted by Gasteiger charge is -2.17. The van der Waals surface area contributed by atoms with E-state index < -0.39 is 24.5 Å². The number of carbonyl (C=O) groups excluding carboxylic acids is 2. The SMILES string of the molecule is COc1ccc(CN2C(=O)c3c(-c4ccccc4Cl)cc4c(c3C2=O)c2cc(OC)ccc2n4CC(O)CO)c(OC)c1. The Morgan fingerprint density at radius 2 is 1.51 bits per heavy atom. The van der Waals surface area contributed by atoms with Crippen LogP contribution < -0.4 is 14.2 Å². The number of nitrogens with zero attached hydrogens (tertiary/aromatic N) is 2. The first-order valence-corrected chi connectivity index (χ1v) is 14.0. The average Bonchev–Trinajstić information content (AvgIpc) is 3.46. The van der Waals surface area contributed by atoms with Crippen LogP contribution in [0.15, 0.2) is 66.7 Å². The molecular formula is C33H29ClN2O7. The van der Waals surface area contributed by atoms with E-state index in [9.17, 15) is 19.8 Å². The summed E-state index contributed by atoms with van der Waals surface area (Å²) in [6.07, 6.45) is -1.06. The molecule has 0 saturated carbocycles. The Labute approximate surface area is 252 Å². The van der Waals surface area contributed by atoms with Gasteiger partial charge in [0.05, 0.1) is 63.8 Å². The Balaban J connectivity index is 1.65. The maximum Gasteiger partial charge on any atom is 0.262 e. The van der Waals surface area contributed by atoms with Crippen LogP contribution in [-0.2, 0) is 13.1 Å². The van der Waals surface area contributed by atoms with E-state index in [2.05, 4.69) is 0 Å². The number of benzene rings is 4. The minimum atomic E-state index is -1.06. The van der Waals surface area contributed by atoms with Gasteiger partial charge in [0.15, 0.2) is 0 Å². The number of fused-ring (bicyclic) bond motifs is 5. The van der Waals surface area contributed by atoms with Crippen LogP contribution in [0.5, 0.6) is 17.2 Å². The van der Waals surface area contributed by atoms with Crippen molar-refractivity contribution in [3.8, 4) is 28.4 Å². The number of methoxy groups -OCH3 is 3. The van der Waals surface area contributed by atoms with E-state index >= 15 is 0 Å². The molecule has 4 aromatic carbocycles. The van der Waals surface area contributed by atoms with Crippen molar-refractivity contribution in [3.63, 3.8) is 0 Å². The summed E-state index contributed by atoms with van der Waals surface area (Å²) in [5.41, 5.74) is 3.49. The molecule has 2 heterocycles. The number of ether oxygens (including phenoxy) is 3. The highest BCUT2D eigenvalue weighted by Crippen LogP contribution is 2.45. The Morgan fingerprint density at radius 1 is 0.814 bits per heavy atom. The van der Waals surface area contributed by atoms with Crippen molar-refractivity contribution >= 4 is 45.2 Å². The second-order valence-corrected chi connectivity index (χ2v) is 10.7. The molecule has 0 saturated heterocycles. The zero-order chi connectivity index (χ0) is 30.4. The summed E-state index contributed by atoms with van der Waals surface area (Å²) in [5.74, 6) is 0.689. The number of aromatic nitrogens is 1. The van der Waals surface area contributed by atoms with Crippen LogP contribution in [-0.4, -0.2) is 65.5 Å². The van der Waals surface area contributed by atoms with E-state index in [0.717, 1.165) is 0 Å². The largest absolute Gasteiger partial charge is 0.497 e. The summed E-state index contributed by atoms with van der Waals surface area (Å²) in [6, 6.07) is 19.6. The molecule has 2 N–H and O–H groups in total. The summed E-state index contributed by atoms with van der Waals surface area (Å²) in [4.78, 5) is 29.9. The molecule has 0 fully saturated rings. The standard InChI is InChI=1S/C33H29ClN2O7/c1-41-20-10-11-26-24(12-20)29-27(35(26)16-19(38)17-37)14-23(22-6-4-5-7-25(22)34)30-31(29)33(40)36(32(30)39)15-18-8-9-21(42-2)13-28(18)43-3/h4-14,19,37-38H,15-17H2,1-3H3. The molecule has 1 aliphatic heterocycles. The highest BCUT2D eigenvalue weighted by molar-refractivity contribution is 6.36. The predicted molar refractivity (Wildman–Crippen MR) is 163 cm³/mol. The van der Waals surface area contributed by atoms with Crippen LogP contribution in [0, 0.1) is 0 Å². The average molecular weight is 601 g/mol. The number of rotatable bonds is 9. The molecule has 0 aliphatic carbocycles. The number of carbonyl (C=O) groups is 2. The van der Waals surface area contributed by atoms with Crippen molar-refractivity contribution in [1.29, 1.82) is 0 Å². The Morgan fingerprint density at radius 3 is 2.21 bits per heavy atom. The van der Waals surface area contributed by atoms with Crippen molar-refractivity contribution in [3.05, 3.63) is 88.4 Å². The van der Waals surface area contributed by atoms with Crippen LogP contribution in [0.3, 0.4) is 0 Å². The van der Waals surface area contributed by atoms with Crippen molar-refractivity contribution in [2.75, 3.05) is 27.9 Å². The quantitative estimate of drug-likeness (QED) is 0.221. The number of hydrogen-bond donors (Lipinski definition) is 2. The molecule has 0 spiro atoms. The van der Waals surface area contributed by atoms with E-state index in [1.807, 2.05) is 28.8 Å². The van der Waals surface area contributed by atoms with Gasteiger partial charge in [-0.05, 0) is 48.0 Å². The van der Waals surface area contributed by atoms with E-state index in [4.69, 9.17) is 25.8 Å². The van der Waals surface area contributed by atoms with Gasteiger partial charge in [-0.2, -0.15) is 0 Å². The minimum absolute atomic E-state index is 0.0336. The topological polar surface area (TPSA) is 110 Å². The number of aliphatic hydroxyl groups is 2. The molecule has 6 rings (SSSR count). The molecule has 1 unspecified atom stereocenters. The van der Waals surface area contributed by atoms with Gasteiger partial charge in [0.2, 0.25) is 0 Å². The van der Waals surface area contributed by atoms with E-state index in [0.29, 0.717) is 60.8 Å². The zero-order valence-electron chi connectivity index (χ0n) is 23.8. The molecule has 2 amide bonds. The Kier molecular flexibility index (Phi) is 7.47. The van der Waals surface area contributed by atoms with Gasteiger partial charge in [-0.15, -0.1) is 0 Å². The number of imide groups is 1. The molecule has 10 heteroatoms. The van der Waals surface area contributed by atoms with Gasteiger partial charge in [0, 0.05) is 38.5 Å². The predicted octanol–water partition coefficient (Wildman–Crippen LogP) is 5.29. The fourth-order valence-corrected chi connectivity index (χ4v) is 6.05. The molecule has 0 radical (unpaired) electrons. The number of aliphatic hydroxyl groups excluding tert-OH is 2. The lowest BCUT2D eigenvalue weighted by atomic mass is 9.93. The molecule has 5 aromatic rings. The van der Waals surface area contributed by atoms with Gasteiger partial charge < -0.3 is 29.0 Å². The molecule has 9 nitrogen and oxygen atoms in total. The molecule has 0 bridgehead atoms. The molecule has 1 atom stereocenters. The normalized spacial score (nSPS) is 13.6. The van der Waals surface area contributed by atoms with Crippen LogP contribution >= 0.6 is 11.6 Å². The minimum Gasteiger partial charge on any atom is -0.497 e. The van der Waals surface area contributed by atoms with Gasteiger partial charge in [-0.25, -0.2) is 0 Å². The first kappa shape index (κ1) is 28.5. The fraction of sp³-hybridized carbons (Fsp3) is 0.212. The van der Waals surface area contributed by atoms with Crippen LogP contribution in [0.4, 0.5) is 0 Å². The van der Waals surface area contributed by atoms with Gasteiger partial charge >= 0.3 is 0 Å². The summed E-state index contributed by atoms with van der Waals surface area (Å²) in [7, 11) is 4.61. The fourth-order valence-electron chi connectivity index (χ4n) is 5.81. The second-order valence-electron chi connectivity index (χ2n) is 10.3. The number of amides is 2. The number of hydrogen-bond acceptors (Lipinski definition) is 7. The third kappa shape index (κ3) is 4.66. The van der Waals surface area contributed by atoms with Crippen LogP contribution in [0.25, 0.3) is 32.9 Å². The molecule has 43 heavy (non-hydrogen) atoms. The second kappa shape index (κ2) is 11.3.